The van der Waals surface area contributed by atoms with Crippen molar-refractivity contribution in [2.75, 3.05) is 6.61 Å². The van der Waals surface area contributed by atoms with Crippen LogP contribution in [0.3, 0.4) is 0 Å². The van der Waals surface area contributed by atoms with Gasteiger partial charge in [-0.15, -0.1) is 0 Å². The Bertz CT molecular complexity index is 474. The number of hydrogen-bond donors (Lipinski definition) is 1. The van der Waals surface area contributed by atoms with Crippen LogP contribution in [0.5, 0.6) is 5.75 Å². The van der Waals surface area contributed by atoms with Gasteiger partial charge in [0.1, 0.15) is 5.82 Å². The van der Waals surface area contributed by atoms with Crippen molar-refractivity contribution in [3.63, 3.8) is 0 Å². The van der Waals surface area contributed by atoms with Gasteiger partial charge < -0.3 is 10.1 Å². The average Bonchev–Trinajstić information content (AvgIpc) is 2.30. The van der Waals surface area contributed by atoms with E-state index >= 15 is 0 Å². The zero-order valence-electron chi connectivity index (χ0n) is 9.00. The van der Waals surface area contributed by atoms with Crippen molar-refractivity contribution in [2.45, 2.75) is 12.5 Å². The van der Waals surface area contributed by atoms with E-state index in [2.05, 4.69) is 11.9 Å². The Morgan fingerprint density at radius 1 is 1.53 bits per heavy atom. The number of halogens is 2. The van der Waals surface area contributed by atoms with Gasteiger partial charge in [-0.05, 0) is 12.1 Å². The van der Waals surface area contributed by atoms with Crippen LogP contribution in [0.1, 0.15) is 18.0 Å². The SMILES string of the molecule is C=CC(=O)N[C@@H]1CCOc2c(F)cc(F)cc21. The van der Waals surface area contributed by atoms with E-state index in [4.69, 9.17) is 4.74 Å². The van der Waals surface area contributed by atoms with Crippen LogP contribution in [0.2, 0.25) is 0 Å². The molecule has 1 aromatic rings. The molecule has 1 aromatic carbocycles. The topological polar surface area (TPSA) is 38.3 Å². The largest absolute Gasteiger partial charge is 0.490 e. The van der Waals surface area contributed by atoms with Crippen molar-refractivity contribution in [3.8, 4) is 5.75 Å². The van der Waals surface area contributed by atoms with Crippen molar-refractivity contribution in [1.29, 1.82) is 0 Å². The molecule has 5 heteroatoms. The van der Waals surface area contributed by atoms with Gasteiger partial charge >= 0.3 is 0 Å². The average molecular weight is 239 g/mol. The molecule has 0 bridgehead atoms. The highest BCUT2D eigenvalue weighted by Crippen LogP contribution is 2.34. The Morgan fingerprint density at radius 3 is 3.00 bits per heavy atom. The molecule has 17 heavy (non-hydrogen) atoms. The maximum Gasteiger partial charge on any atom is 0.243 e. The van der Waals surface area contributed by atoms with Crippen LogP contribution < -0.4 is 10.1 Å². The van der Waals surface area contributed by atoms with Gasteiger partial charge in [-0.1, -0.05) is 6.58 Å². The maximum absolute atomic E-state index is 13.4. The van der Waals surface area contributed by atoms with Gasteiger partial charge in [0.05, 0.1) is 12.6 Å². The minimum Gasteiger partial charge on any atom is -0.490 e. The Kier molecular flexibility index (Phi) is 3.08. The molecule has 1 amide bonds. The molecule has 2 rings (SSSR count). The van der Waals surface area contributed by atoms with E-state index in [9.17, 15) is 13.6 Å². The number of amides is 1. The highest BCUT2D eigenvalue weighted by Gasteiger charge is 2.26. The summed E-state index contributed by atoms with van der Waals surface area (Å²) in [6, 6.07) is 1.48. The van der Waals surface area contributed by atoms with E-state index in [1.165, 1.54) is 6.07 Å². The van der Waals surface area contributed by atoms with Crippen LogP contribution in [0.25, 0.3) is 0 Å². The van der Waals surface area contributed by atoms with Gasteiger partial charge in [0.2, 0.25) is 5.91 Å². The summed E-state index contributed by atoms with van der Waals surface area (Å²) in [6.07, 6.45) is 1.58. The third-order valence-corrected chi connectivity index (χ3v) is 2.57. The summed E-state index contributed by atoms with van der Waals surface area (Å²) >= 11 is 0. The molecule has 1 heterocycles. The molecule has 0 spiro atoms. The van der Waals surface area contributed by atoms with Gasteiger partial charge in [0, 0.05) is 18.1 Å². The zero-order valence-corrected chi connectivity index (χ0v) is 9.00. The van der Waals surface area contributed by atoms with E-state index in [0.29, 0.717) is 12.0 Å². The van der Waals surface area contributed by atoms with Crippen LogP contribution in [0, 0.1) is 11.6 Å². The Balaban J connectivity index is 2.36. The lowest BCUT2D eigenvalue weighted by molar-refractivity contribution is -0.117. The van der Waals surface area contributed by atoms with E-state index in [1.54, 1.807) is 0 Å². The van der Waals surface area contributed by atoms with Crippen molar-refractivity contribution in [3.05, 3.63) is 42.0 Å². The first-order chi connectivity index (χ1) is 8.11. The Morgan fingerprint density at radius 2 is 2.29 bits per heavy atom. The molecule has 3 nitrogen and oxygen atoms in total. The molecule has 0 radical (unpaired) electrons. The number of hydrogen-bond acceptors (Lipinski definition) is 2. The highest BCUT2D eigenvalue weighted by atomic mass is 19.1. The molecule has 0 fully saturated rings. The first-order valence-corrected chi connectivity index (χ1v) is 5.16. The number of carbonyl (C=O) groups excluding carboxylic acids is 1. The fourth-order valence-electron chi connectivity index (χ4n) is 1.81. The normalized spacial score (nSPS) is 17.9. The first kappa shape index (κ1) is 11.6. The third kappa shape index (κ3) is 2.27. The summed E-state index contributed by atoms with van der Waals surface area (Å²) in [5.41, 5.74) is 0.323. The second-order valence-corrected chi connectivity index (χ2v) is 3.71. The Hall–Kier alpha value is -1.91. The Labute approximate surface area is 97.1 Å². The van der Waals surface area contributed by atoms with Gasteiger partial charge in [-0.2, -0.15) is 0 Å². The predicted octanol–water partition coefficient (Wildman–Crippen LogP) is 2.09. The van der Waals surface area contributed by atoms with Crippen molar-refractivity contribution in [1.82, 2.24) is 5.32 Å². The van der Waals surface area contributed by atoms with Crippen LogP contribution >= 0.6 is 0 Å². The minimum atomic E-state index is -0.752. The van der Waals surface area contributed by atoms with Crippen molar-refractivity contribution < 1.29 is 18.3 Å². The predicted molar refractivity (Wildman–Crippen MR) is 57.6 cm³/mol. The number of nitrogens with one attached hydrogen (secondary N) is 1. The van der Waals surface area contributed by atoms with Crippen LogP contribution in [-0.2, 0) is 4.79 Å². The second kappa shape index (κ2) is 4.53. The van der Waals surface area contributed by atoms with E-state index in [1.807, 2.05) is 0 Å². The van der Waals surface area contributed by atoms with Crippen molar-refractivity contribution in [2.24, 2.45) is 0 Å². The molecule has 0 saturated heterocycles. The number of benzene rings is 1. The summed E-state index contributed by atoms with van der Waals surface area (Å²) < 4.78 is 31.7. The van der Waals surface area contributed by atoms with E-state index in [0.717, 1.165) is 12.1 Å². The molecule has 1 atom stereocenters. The van der Waals surface area contributed by atoms with Crippen molar-refractivity contribution >= 4 is 5.91 Å². The number of fused-ring (bicyclic) bond motifs is 1. The van der Waals surface area contributed by atoms with Gasteiger partial charge in [0.25, 0.3) is 0 Å². The lowest BCUT2D eigenvalue weighted by Crippen LogP contribution is -2.31. The summed E-state index contributed by atoms with van der Waals surface area (Å²) in [6.45, 7) is 3.60. The molecule has 1 aliphatic heterocycles. The smallest absolute Gasteiger partial charge is 0.243 e. The molecule has 0 aromatic heterocycles. The lowest BCUT2D eigenvalue weighted by Gasteiger charge is -2.26. The van der Waals surface area contributed by atoms with Gasteiger partial charge in [-0.25, -0.2) is 8.78 Å². The van der Waals surface area contributed by atoms with Gasteiger partial charge in [0.15, 0.2) is 11.6 Å². The van der Waals surface area contributed by atoms with E-state index < -0.39 is 17.7 Å². The monoisotopic (exact) mass is 239 g/mol. The number of ether oxygens (including phenoxy) is 1. The third-order valence-electron chi connectivity index (χ3n) is 2.57. The zero-order chi connectivity index (χ0) is 12.4. The standard InChI is InChI=1S/C12H11F2NO2/c1-2-11(16)15-10-3-4-17-12-8(10)5-7(13)6-9(12)14/h2,5-6,10H,1,3-4H2,(H,15,16)/t10-/m1/s1. The molecule has 1 aliphatic rings. The summed E-state index contributed by atoms with van der Waals surface area (Å²) in [7, 11) is 0. The quantitative estimate of drug-likeness (QED) is 0.802. The van der Waals surface area contributed by atoms with Gasteiger partial charge in [-0.3, -0.25) is 4.79 Å². The second-order valence-electron chi connectivity index (χ2n) is 3.71. The highest BCUT2D eigenvalue weighted by molar-refractivity contribution is 5.87. The molecule has 90 valence electrons. The molecular formula is C12H11F2NO2. The first-order valence-electron chi connectivity index (χ1n) is 5.16. The molecule has 1 N–H and O–H groups in total. The lowest BCUT2D eigenvalue weighted by atomic mass is 10.00. The summed E-state index contributed by atoms with van der Waals surface area (Å²) in [5.74, 6) is -1.82. The number of carbonyl (C=O) groups is 1. The van der Waals surface area contributed by atoms with E-state index in [-0.39, 0.29) is 18.3 Å². The van der Waals surface area contributed by atoms with Crippen LogP contribution in [-0.4, -0.2) is 12.5 Å². The minimum absolute atomic E-state index is 0.00649. The fraction of sp³-hybridized carbons (Fsp3) is 0.250. The molecular weight excluding hydrogens is 228 g/mol. The van der Waals surface area contributed by atoms with Crippen LogP contribution in [0.4, 0.5) is 8.78 Å². The maximum atomic E-state index is 13.4. The molecule has 0 saturated carbocycles. The molecule has 0 aliphatic carbocycles. The summed E-state index contributed by atoms with van der Waals surface area (Å²) in [5, 5.41) is 2.61. The number of rotatable bonds is 2. The summed E-state index contributed by atoms with van der Waals surface area (Å²) in [4.78, 5) is 11.2. The fourth-order valence-corrected chi connectivity index (χ4v) is 1.81. The van der Waals surface area contributed by atoms with Crippen LogP contribution in [0.15, 0.2) is 24.8 Å². The molecule has 0 unspecified atom stereocenters.